The van der Waals surface area contributed by atoms with Crippen molar-refractivity contribution in [3.63, 3.8) is 0 Å². The van der Waals surface area contributed by atoms with E-state index in [0.29, 0.717) is 29.4 Å². The first kappa shape index (κ1) is 20.5. The van der Waals surface area contributed by atoms with E-state index in [2.05, 4.69) is 10.0 Å². The molecule has 0 fully saturated rings. The van der Waals surface area contributed by atoms with Crippen LogP contribution in [-0.4, -0.2) is 20.9 Å². The number of hydrogen-bond donors (Lipinski definition) is 2. The molecule has 1 aromatic heterocycles. The number of carbonyl (C=O) groups excluding carboxylic acids is 1. The first-order valence-electron chi connectivity index (χ1n) is 9.09. The van der Waals surface area contributed by atoms with Crippen molar-refractivity contribution in [3.8, 4) is 5.75 Å². The molecule has 0 radical (unpaired) electrons. The molecule has 0 aliphatic carbocycles. The summed E-state index contributed by atoms with van der Waals surface area (Å²) in [5, 5.41) is 2.80. The zero-order valence-electron chi connectivity index (χ0n) is 16.1. The van der Waals surface area contributed by atoms with Gasteiger partial charge in [-0.2, -0.15) is 0 Å². The van der Waals surface area contributed by atoms with Crippen molar-refractivity contribution in [1.82, 2.24) is 5.32 Å². The lowest BCUT2D eigenvalue weighted by molar-refractivity contribution is 0.0935. The molecule has 29 heavy (non-hydrogen) atoms. The summed E-state index contributed by atoms with van der Waals surface area (Å²) in [7, 11) is -3.78. The molecule has 0 saturated heterocycles. The van der Waals surface area contributed by atoms with Gasteiger partial charge < -0.3 is 14.5 Å². The number of benzene rings is 2. The molecule has 2 N–H and O–H groups in total. The molecular weight excluding hydrogens is 392 g/mol. The topological polar surface area (TPSA) is 97.6 Å². The quantitative estimate of drug-likeness (QED) is 0.581. The molecule has 1 heterocycles. The lowest BCUT2D eigenvalue weighted by Gasteiger charge is -2.12. The van der Waals surface area contributed by atoms with Crippen LogP contribution in [0.1, 0.15) is 36.0 Å². The zero-order chi connectivity index (χ0) is 20.9. The largest absolute Gasteiger partial charge is 0.494 e. The molecular formula is C21H22N2O5S. The minimum atomic E-state index is -3.78. The fourth-order valence-electron chi connectivity index (χ4n) is 2.67. The fourth-order valence-corrected chi connectivity index (χ4v) is 3.73. The fraction of sp³-hybridized carbons (Fsp3) is 0.190. The highest BCUT2D eigenvalue weighted by Gasteiger charge is 2.17. The van der Waals surface area contributed by atoms with Crippen LogP contribution in [0.4, 0.5) is 5.69 Å². The summed E-state index contributed by atoms with van der Waals surface area (Å²) in [6.45, 7) is 4.21. The Bertz CT molecular complexity index is 1040. The Morgan fingerprint density at radius 1 is 1.07 bits per heavy atom. The molecule has 8 heteroatoms. The van der Waals surface area contributed by atoms with Crippen LogP contribution in [0.3, 0.4) is 0 Å². The number of anilines is 1. The molecule has 0 saturated carbocycles. The third kappa shape index (κ3) is 5.17. The SMILES string of the molecule is CCOc1ccc(NS(=O)(=O)c2ccc(C(=O)N[C@@H](C)c3ccco3)cc2)cc1. The van der Waals surface area contributed by atoms with Crippen molar-refractivity contribution in [2.75, 3.05) is 11.3 Å². The van der Waals surface area contributed by atoms with Gasteiger partial charge in [0.15, 0.2) is 0 Å². The third-order valence-corrected chi connectivity index (χ3v) is 5.56. The average Bonchev–Trinajstić information content (AvgIpc) is 3.25. The highest BCUT2D eigenvalue weighted by molar-refractivity contribution is 7.92. The van der Waals surface area contributed by atoms with E-state index in [1.165, 1.54) is 30.5 Å². The van der Waals surface area contributed by atoms with Gasteiger partial charge in [-0.05, 0) is 74.5 Å². The van der Waals surface area contributed by atoms with E-state index < -0.39 is 10.0 Å². The molecule has 3 rings (SSSR count). The predicted octanol–water partition coefficient (Wildman–Crippen LogP) is 3.97. The monoisotopic (exact) mass is 414 g/mol. The summed E-state index contributed by atoms with van der Waals surface area (Å²) in [6, 6.07) is 15.6. The van der Waals surface area contributed by atoms with E-state index in [-0.39, 0.29) is 16.8 Å². The second-order valence-corrected chi connectivity index (χ2v) is 7.98. The van der Waals surface area contributed by atoms with Crippen molar-refractivity contribution < 1.29 is 22.4 Å². The number of carbonyl (C=O) groups is 1. The second-order valence-electron chi connectivity index (χ2n) is 6.30. The maximum Gasteiger partial charge on any atom is 0.261 e. The lowest BCUT2D eigenvalue weighted by atomic mass is 10.2. The van der Waals surface area contributed by atoms with Crippen molar-refractivity contribution in [2.24, 2.45) is 0 Å². The van der Waals surface area contributed by atoms with Gasteiger partial charge in [0.25, 0.3) is 15.9 Å². The van der Waals surface area contributed by atoms with E-state index in [4.69, 9.17) is 9.15 Å². The molecule has 0 bridgehead atoms. The Balaban J connectivity index is 1.67. The average molecular weight is 414 g/mol. The Hall–Kier alpha value is -3.26. The first-order valence-corrected chi connectivity index (χ1v) is 10.6. The van der Waals surface area contributed by atoms with Crippen LogP contribution < -0.4 is 14.8 Å². The van der Waals surface area contributed by atoms with Crippen molar-refractivity contribution in [1.29, 1.82) is 0 Å². The van der Waals surface area contributed by atoms with Crippen LogP contribution in [0.15, 0.2) is 76.2 Å². The molecule has 7 nitrogen and oxygen atoms in total. The summed E-state index contributed by atoms with van der Waals surface area (Å²) in [5.41, 5.74) is 0.769. The normalized spacial score (nSPS) is 12.2. The van der Waals surface area contributed by atoms with Gasteiger partial charge >= 0.3 is 0 Å². The van der Waals surface area contributed by atoms with Gasteiger partial charge in [0.1, 0.15) is 11.5 Å². The minimum absolute atomic E-state index is 0.0574. The van der Waals surface area contributed by atoms with E-state index in [0.717, 1.165) is 0 Å². The zero-order valence-corrected chi connectivity index (χ0v) is 16.9. The van der Waals surface area contributed by atoms with Crippen LogP contribution in [0.2, 0.25) is 0 Å². The van der Waals surface area contributed by atoms with E-state index >= 15 is 0 Å². The second kappa shape index (κ2) is 8.83. The summed E-state index contributed by atoms with van der Waals surface area (Å²) in [6.07, 6.45) is 1.54. The molecule has 0 aliphatic heterocycles. The number of nitrogens with one attached hydrogen (secondary N) is 2. The van der Waals surface area contributed by atoms with Crippen LogP contribution in [-0.2, 0) is 10.0 Å². The van der Waals surface area contributed by atoms with Gasteiger partial charge in [-0.1, -0.05) is 0 Å². The molecule has 0 spiro atoms. The highest BCUT2D eigenvalue weighted by atomic mass is 32.2. The molecule has 0 aliphatic rings. The molecule has 0 unspecified atom stereocenters. The maximum atomic E-state index is 12.6. The molecule has 3 aromatic rings. The summed E-state index contributed by atoms with van der Waals surface area (Å²) in [4.78, 5) is 12.4. The van der Waals surface area contributed by atoms with E-state index in [1.807, 2.05) is 6.92 Å². The number of rotatable bonds is 8. The molecule has 152 valence electrons. The number of furan rings is 1. The Kier molecular flexibility index (Phi) is 6.23. The minimum Gasteiger partial charge on any atom is -0.494 e. The molecule has 2 aromatic carbocycles. The number of ether oxygens (including phenoxy) is 1. The van der Waals surface area contributed by atoms with Crippen LogP contribution in [0, 0.1) is 0 Å². The van der Waals surface area contributed by atoms with E-state index in [1.54, 1.807) is 43.3 Å². The Morgan fingerprint density at radius 3 is 2.34 bits per heavy atom. The maximum absolute atomic E-state index is 12.6. The Morgan fingerprint density at radius 2 is 1.76 bits per heavy atom. The molecule has 1 amide bonds. The van der Waals surface area contributed by atoms with Gasteiger partial charge in [-0.3, -0.25) is 9.52 Å². The summed E-state index contributed by atoms with van der Waals surface area (Å²) < 4.78 is 38.3. The Labute approximate surface area is 169 Å². The van der Waals surface area contributed by atoms with Crippen LogP contribution in [0.5, 0.6) is 5.75 Å². The predicted molar refractivity (Wildman–Crippen MR) is 109 cm³/mol. The standard InChI is InChI=1S/C21H22N2O5S/c1-3-27-18-10-8-17(9-11-18)23-29(25,26)19-12-6-16(7-13-19)21(24)22-15(2)20-5-4-14-28-20/h4-15,23H,3H2,1-2H3,(H,22,24)/t15-/m0/s1. The number of hydrogen-bond acceptors (Lipinski definition) is 5. The van der Waals surface area contributed by atoms with Gasteiger partial charge in [0.2, 0.25) is 0 Å². The van der Waals surface area contributed by atoms with Crippen molar-refractivity contribution in [3.05, 3.63) is 78.3 Å². The first-order chi connectivity index (χ1) is 13.9. The summed E-state index contributed by atoms with van der Waals surface area (Å²) in [5.74, 6) is 0.976. The summed E-state index contributed by atoms with van der Waals surface area (Å²) >= 11 is 0. The molecule has 1 atom stereocenters. The van der Waals surface area contributed by atoms with Gasteiger partial charge in [0.05, 0.1) is 23.8 Å². The lowest BCUT2D eigenvalue weighted by Crippen LogP contribution is -2.26. The van der Waals surface area contributed by atoms with Gasteiger partial charge in [-0.25, -0.2) is 8.42 Å². The van der Waals surface area contributed by atoms with E-state index in [9.17, 15) is 13.2 Å². The van der Waals surface area contributed by atoms with Crippen LogP contribution in [0.25, 0.3) is 0 Å². The van der Waals surface area contributed by atoms with Crippen LogP contribution >= 0.6 is 0 Å². The van der Waals surface area contributed by atoms with Gasteiger partial charge in [-0.15, -0.1) is 0 Å². The smallest absolute Gasteiger partial charge is 0.261 e. The van der Waals surface area contributed by atoms with Crippen molar-refractivity contribution in [2.45, 2.75) is 24.8 Å². The number of sulfonamides is 1. The highest BCUT2D eigenvalue weighted by Crippen LogP contribution is 2.20. The third-order valence-electron chi connectivity index (χ3n) is 4.16. The van der Waals surface area contributed by atoms with Crippen molar-refractivity contribution >= 4 is 21.6 Å². The number of amides is 1. The van der Waals surface area contributed by atoms with Gasteiger partial charge in [0, 0.05) is 11.3 Å².